The predicted octanol–water partition coefficient (Wildman–Crippen LogP) is 3.51. The monoisotopic (exact) mass is 357 g/mol. The first-order valence-corrected chi connectivity index (χ1v) is 9.05. The molecule has 1 aromatic carbocycles. The van der Waals surface area contributed by atoms with Crippen LogP contribution in [0, 0.1) is 0 Å². The average Bonchev–Trinajstić information content (AvgIpc) is 3.02. The number of rotatable bonds is 4. The van der Waals surface area contributed by atoms with Crippen molar-refractivity contribution in [3.8, 4) is 22.8 Å². The van der Waals surface area contributed by atoms with E-state index in [0.29, 0.717) is 11.4 Å². The third-order valence-corrected chi connectivity index (χ3v) is 5.21. The van der Waals surface area contributed by atoms with Crippen molar-refractivity contribution in [2.24, 2.45) is 7.05 Å². The highest BCUT2D eigenvalue weighted by Crippen LogP contribution is 2.34. The van der Waals surface area contributed by atoms with E-state index in [-0.39, 0.29) is 18.0 Å². The molecule has 2 atom stereocenters. The van der Waals surface area contributed by atoms with Gasteiger partial charge in [-0.15, -0.1) is 0 Å². The number of amides is 1. The van der Waals surface area contributed by atoms with Crippen molar-refractivity contribution < 1.29 is 14.3 Å². The number of hydrogen-bond acceptors (Lipinski definition) is 4. The molecular formula is C20H27N3O3. The second-order valence-corrected chi connectivity index (χ2v) is 6.95. The fourth-order valence-electron chi connectivity index (χ4n) is 3.79. The molecule has 0 N–H and O–H groups in total. The lowest BCUT2D eigenvalue weighted by Crippen LogP contribution is -2.47. The van der Waals surface area contributed by atoms with Gasteiger partial charge in [0.2, 0.25) is 0 Å². The molecule has 26 heavy (non-hydrogen) atoms. The summed E-state index contributed by atoms with van der Waals surface area (Å²) in [7, 11) is 5.10. The quantitative estimate of drug-likeness (QED) is 0.840. The molecule has 3 rings (SSSR count). The molecule has 2 heterocycles. The summed E-state index contributed by atoms with van der Waals surface area (Å²) in [6.07, 6.45) is 3.25. The number of benzene rings is 1. The van der Waals surface area contributed by atoms with Gasteiger partial charge in [0.05, 0.1) is 19.9 Å². The number of aromatic nitrogens is 2. The molecule has 2 unspecified atom stereocenters. The van der Waals surface area contributed by atoms with Crippen LogP contribution in [0.1, 0.15) is 43.6 Å². The van der Waals surface area contributed by atoms with Gasteiger partial charge in [0.15, 0.2) is 5.69 Å². The third-order valence-electron chi connectivity index (χ3n) is 5.21. The van der Waals surface area contributed by atoms with Gasteiger partial charge in [-0.1, -0.05) is 0 Å². The number of hydrogen-bond donors (Lipinski definition) is 0. The van der Waals surface area contributed by atoms with Crippen molar-refractivity contribution in [1.82, 2.24) is 14.7 Å². The molecule has 1 aromatic heterocycles. The molecule has 0 bridgehead atoms. The van der Waals surface area contributed by atoms with Crippen molar-refractivity contribution in [1.29, 1.82) is 0 Å². The molecule has 1 aliphatic rings. The van der Waals surface area contributed by atoms with Crippen molar-refractivity contribution in [2.75, 3.05) is 14.2 Å². The van der Waals surface area contributed by atoms with E-state index >= 15 is 0 Å². The minimum absolute atomic E-state index is 0.00610. The fraction of sp³-hybridized carbons (Fsp3) is 0.500. The van der Waals surface area contributed by atoms with Crippen LogP contribution in [0.4, 0.5) is 0 Å². The highest BCUT2D eigenvalue weighted by atomic mass is 16.5. The van der Waals surface area contributed by atoms with Gasteiger partial charge in [-0.3, -0.25) is 9.48 Å². The van der Waals surface area contributed by atoms with Gasteiger partial charge in [-0.05, 0) is 57.4 Å². The number of aryl methyl sites for hydroxylation is 1. The van der Waals surface area contributed by atoms with Crippen LogP contribution in [-0.4, -0.2) is 46.9 Å². The fourth-order valence-corrected chi connectivity index (χ4v) is 3.79. The molecule has 6 nitrogen and oxygen atoms in total. The number of nitrogens with zero attached hydrogens (tertiary/aromatic N) is 3. The smallest absolute Gasteiger partial charge is 0.274 e. The largest absolute Gasteiger partial charge is 0.497 e. The Hall–Kier alpha value is -2.50. The van der Waals surface area contributed by atoms with Crippen molar-refractivity contribution in [3.63, 3.8) is 0 Å². The van der Waals surface area contributed by atoms with Crippen molar-refractivity contribution >= 4 is 5.91 Å². The molecule has 0 aliphatic carbocycles. The summed E-state index contributed by atoms with van der Waals surface area (Å²) in [4.78, 5) is 15.1. The van der Waals surface area contributed by atoms with Gasteiger partial charge < -0.3 is 14.4 Å². The van der Waals surface area contributed by atoms with E-state index in [1.807, 2.05) is 36.2 Å². The van der Waals surface area contributed by atoms with E-state index in [1.165, 1.54) is 6.42 Å². The molecule has 1 aliphatic heterocycles. The Kier molecular flexibility index (Phi) is 5.20. The van der Waals surface area contributed by atoms with Gasteiger partial charge in [0.1, 0.15) is 11.5 Å². The molecule has 6 heteroatoms. The molecule has 1 amide bonds. The average molecular weight is 357 g/mol. The van der Waals surface area contributed by atoms with Gasteiger partial charge in [0.25, 0.3) is 5.91 Å². The number of carbonyl (C=O) groups excluding carboxylic acids is 1. The molecule has 2 aromatic rings. The van der Waals surface area contributed by atoms with Crippen LogP contribution in [0.5, 0.6) is 11.5 Å². The summed E-state index contributed by atoms with van der Waals surface area (Å²) in [5.41, 5.74) is 2.13. The van der Waals surface area contributed by atoms with Crippen LogP contribution in [-0.2, 0) is 7.05 Å². The van der Waals surface area contributed by atoms with Crippen LogP contribution in [0.25, 0.3) is 11.3 Å². The van der Waals surface area contributed by atoms with E-state index in [4.69, 9.17) is 9.47 Å². The zero-order valence-electron chi connectivity index (χ0n) is 16.2. The number of ether oxygens (including phenoxy) is 2. The number of methoxy groups -OCH3 is 2. The Morgan fingerprint density at radius 2 is 1.81 bits per heavy atom. The van der Waals surface area contributed by atoms with E-state index < -0.39 is 0 Å². The Bertz CT molecular complexity index is 790. The Labute approximate surface area is 154 Å². The van der Waals surface area contributed by atoms with E-state index in [0.717, 1.165) is 29.8 Å². The highest BCUT2D eigenvalue weighted by molar-refractivity contribution is 5.94. The summed E-state index contributed by atoms with van der Waals surface area (Å²) in [6, 6.07) is 7.93. The summed E-state index contributed by atoms with van der Waals surface area (Å²) in [5.74, 6) is 1.44. The maximum Gasteiger partial charge on any atom is 0.274 e. The van der Waals surface area contributed by atoms with Gasteiger partial charge in [-0.2, -0.15) is 5.10 Å². The predicted molar refractivity (Wildman–Crippen MR) is 101 cm³/mol. The van der Waals surface area contributed by atoms with E-state index in [1.54, 1.807) is 18.9 Å². The Morgan fingerprint density at radius 1 is 1.12 bits per heavy atom. The zero-order chi connectivity index (χ0) is 18.8. The normalized spacial score (nSPS) is 20.1. The first-order chi connectivity index (χ1) is 12.5. The zero-order valence-corrected chi connectivity index (χ0v) is 16.2. The summed E-state index contributed by atoms with van der Waals surface area (Å²) in [5, 5.41) is 4.49. The topological polar surface area (TPSA) is 56.6 Å². The number of piperidine rings is 1. The minimum Gasteiger partial charge on any atom is -0.497 e. The SMILES string of the molecule is COc1ccc(OC)c(-c2cc(C(=O)N3C(C)CCCC3C)nn2C)c1. The molecule has 0 spiro atoms. The second kappa shape index (κ2) is 7.40. The van der Waals surface area contributed by atoms with Gasteiger partial charge in [-0.25, -0.2) is 0 Å². The lowest BCUT2D eigenvalue weighted by atomic mass is 9.97. The summed E-state index contributed by atoms with van der Waals surface area (Å²) in [6.45, 7) is 4.23. The molecule has 140 valence electrons. The standard InChI is InChI=1S/C20H27N3O3/c1-13-7-6-8-14(2)23(13)20(24)17-12-18(22(3)21-17)16-11-15(25-4)9-10-19(16)26-5/h9-14H,6-8H2,1-5H3. The first-order valence-electron chi connectivity index (χ1n) is 9.05. The molecular weight excluding hydrogens is 330 g/mol. The van der Waals surface area contributed by atoms with Crippen LogP contribution in [0.2, 0.25) is 0 Å². The number of carbonyl (C=O) groups is 1. The highest BCUT2D eigenvalue weighted by Gasteiger charge is 2.31. The Balaban J connectivity index is 1.98. The molecule has 1 saturated heterocycles. The molecule has 1 fully saturated rings. The molecule has 0 saturated carbocycles. The summed E-state index contributed by atoms with van der Waals surface area (Å²) >= 11 is 0. The van der Waals surface area contributed by atoms with Gasteiger partial charge >= 0.3 is 0 Å². The summed E-state index contributed by atoms with van der Waals surface area (Å²) < 4.78 is 12.5. The van der Waals surface area contributed by atoms with Gasteiger partial charge in [0, 0.05) is 24.7 Å². The van der Waals surface area contributed by atoms with Crippen LogP contribution < -0.4 is 9.47 Å². The first kappa shape index (κ1) is 18.3. The number of likely N-dealkylation sites (tertiary alicyclic amines) is 1. The van der Waals surface area contributed by atoms with Crippen LogP contribution in [0.3, 0.4) is 0 Å². The lowest BCUT2D eigenvalue weighted by molar-refractivity contribution is 0.0504. The van der Waals surface area contributed by atoms with E-state index in [2.05, 4.69) is 18.9 Å². The van der Waals surface area contributed by atoms with Crippen molar-refractivity contribution in [3.05, 3.63) is 30.0 Å². The van der Waals surface area contributed by atoms with Crippen molar-refractivity contribution in [2.45, 2.75) is 45.2 Å². The lowest BCUT2D eigenvalue weighted by Gasteiger charge is -2.38. The second-order valence-electron chi connectivity index (χ2n) is 6.95. The third kappa shape index (κ3) is 3.28. The van der Waals surface area contributed by atoms with Crippen LogP contribution in [0.15, 0.2) is 24.3 Å². The van der Waals surface area contributed by atoms with Crippen LogP contribution >= 0.6 is 0 Å². The minimum atomic E-state index is -0.00610. The van der Waals surface area contributed by atoms with E-state index in [9.17, 15) is 4.79 Å². The maximum atomic E-state index is 13.1. The maximum absolute atomic E-state index is 13.1. The Morgan fingerprint density at radius 3 is 2.42 bits per heavy atom. The molecule has 0 radical (unpaired) electrons.